The van der Waals surface area contributed by atoms with E-state index in [2.05, 4.69) is 13.8 Å². The second kappa shape index (κ2) is 8.93. The zero-order valence-electron chi connectivity index (χ0n) is 11.8. The summed E-state index contributed by atoms with van der Waals surface area (Å²) >= 11 is 0. The summed E-state index contributed by atoms with van der Waals surface area (Å²) in [5.41, 5.74) is 6.18. The molecule has 3 unspecified atom stereocenters. The Labute approximate surface area is 107 Å². The minimum absolute atomic E-state index is 0.279. The van der Waals surface area contributed by atoms with Crippen LogP contribution in [0.4, 0.5) is 0 Å². The van der Waals surface area contributed by atoms with Crippen LogP contribution in [-0.2, 0) is 4.74 Å². The summed E-state index contributed by atoms with van der Waals surface area (Å²) in [5, 5.41) is 0. The number of nitrogens with two attached hydrogens (primary N) is 1. The van der Waals surface area contributed by atoms with Gasteiger partial charge in [0.1, 0.15) is 0 Å². The predicted molar refractivity (Wildman–Crippen MR) is 74.1 cm³/mol. The van der Waals surface area contributed by atoms with E-state index in [-0.39, 0.29) is 6.04 Å². The van der Waals surface area contributed by atoms with Gasteiger partial charge in [0.15, 0.2) is 0 Å². The fraction of sp³-hybridized carbons (Fsp3) is 1.00. The summed E-state index contributed by atoms with van der Waals surface area (Å²) in [5.74, 6) is 0.741. The van der Waals surface area contributed by atoms with E-state index in [1.807, 2.05) is 0 Å². The zero-order valence-corrected chi connectivity index (χ0v) is 11.8. The molecule has 0 aromatic heterocycles. The normalized spacial score (nSPS) is 27.7. The van der Waals surface area contributed by atoms with Crippen molar-refractivity contribution in [2.75, 3.05) is 6.61 Å². The lowest BCUT2D eigenvalue weighted by Crippen LogP contribution is -2.36. The predicted octanol–water partition coefficient (Wildman–Crippen LogP) is 3.88. The molecule has 2 nitrogen and oxygen atoms in total. The van der Waals surface area contributed by atoms with E-state index in [0.29, 0.717) is 6.10 Å². The van der Waals surface area contributed by atoms with Gasteiger partial charge in [-0.1, -0.05) is 52.4 Å². The van der Waals surface area contributed by atoms with E-state index in [1.54, 1.807) is 0 Å². The van der Waals surface area contributed by atoms with E-state index in [1.165, 1.54) is 51.4 Å². The molecule has 1 aliphatic rings. The molecule has 1 rings (SSSR count). The third kappa shape index (κ3) is 5.87. The molecule has 0 spiro atoms. The molecule has 2 N–H and O–H groups in total. The van der Waals surface area contributed by atoms with Gasteiger partial charge in [-0.2, -0.15) is 0 Å². The van der Waals surface area contributed by atoms with Crippen molar-refractivity contribution in [1.29, 1.82) is 0 Å². The Morgan fingerprint density at radius 2 is 1.94 bits per heavy atom. The number of unbranched alkanes of at least 4 members (excludes halogenated alkanes) is 1. The van der Waals surface area contributed by atoms with Crippen molar-refractivity contribution in [3.05, 3.63) is 0 Å². The first-order valence-corrected chi connectivity index (χ1v) is 7.65. The minimum atomic E-state index is 0.279. The largest absolute Gasteiger partial charge is 0.376 e. The highest BCUT2D eigenvalue weighted by Gasteiger charge is 2.21. The molecule has 2 heteroatoms. The molecule has 0 aromatic carbocycles. The average molecular weight is 241 g/mol. The lowest BCUT2D eigenvalue weighted by Gasteiger charge is -2.24. The first-order chi connectivity index (χ1) is 8.27. The van der Waals surface area contributed by atoms with Gasteiger partial charge in [-0.25, -0.2) is 0 Å². The highest BCUT2D eigenvalue weighted by molar-refractivity contribution is 4.77. The second-order valence-corrected chi connectivity index (χ2v) is 5.59. The number of hydrogen-bond donors (Lipinski definition) is 1. The molecule has 0 saturated heterocycles. The maximum Gasteiger partial charge on any atom is 0.0726 e. The second-order valence-electron chi connectivity index (χ2n) is 5.59. The van der Waals surface area contributed by atoms with Gasteiger partial charge in [0.2, 0.25) is 0 Å². The van der Waals surface area contributed by atoms with Crippen LogP contribution in [0, 0.1) is 5.92 Å². The summed E-state index contributed by atoms with van der Waals surface area (Å²) in [4.78, 5) is 0. The smallest absolute Gasteiger partial charge is 0.0726 e. The van der Waals surface area contributed by atoms with E-state index in [9.17, 15) is 0 Å². The van der Waals surface area contributed by atoms with Gasteiger partial charge in [-0.3, -0.25) is 0 Å². The van der Waals surface area contributed by atoms with Gasteiger partial charge in [0.25, 0.3) is 0 Å². The third-order valence-corrected chi connectivity index (χ3v) is 4.09. The van der Waals surface area contributed by atoms with Crippen LogP contribution in [0.1, 0.15) is 71.6 Å². The van der Waals surface area contributed by atoms with Crippen LogP contribution in [0.15, 0.2) is 0 Å². The lowest BCUT2D eigenvalue weighted by molar-refractivity contribution is 0.00741. The van der Waals surface area contributed by atoms with Gasteiger partial charge in [-0.15, -0.1) is 0 Å². The summed E-state index contributed by atoms with van der Waals surface area (Å²) in [6.45, 7) is 5.46. The molecule has 0 aromatic rings. The lowest BCUT2D eigenvalue weighted by atomic mass is 10.00. The van der Waals surface area contributed by atoms with Crippen LogP contribution in [0.2, 0.25) is 0 Å². The quantitative estimate of drug-likeness (QED) is 0.687. The molecule has 0 bridgehead atoms. The average Bonchev–Trinajstić information content (AvgIpc) is 2.55. The van der Waals surface area contributed by atoms with Gasteiger partial charge in [-0.05, 0) is 25.2 Å². The standard InChI is InChI=1S/C15H31NO/c1-3-5-9-13(4-2)12-17-15-11-8-6-7-10-14(15)16/h13-15H,3-12,16H2,1-2H3. The Balaban J connectivity index is 2.25. The van der Waals surface area contributed by atoms with Crippen molar-refractivity contribution in [2.45, 2.75) is 83.8 Å². The van der Waals surface area contributed by atoms with Crippen LogP contribution < -0.4 is 5.73 Å². The third-order valence-electron chi connectivity index (χ3n) is 4.09. The Hall–Kier alpha value is -0.0800. The van der Waals surface area contributed by atoms with E-state index < -0.39 is 0 Å². The van der Waals surface area contributed by atoms with Crippen LogP contribution in [0.3, 0.4) is 0 Å². The molecule has 1 saturated carbocycles. The molecule has 0 radical (unpaired) electrons. The fourth-order valence-electron chi connectivity index (χ4n) is 2.67. The molecule has 1 fully saturated rings. The summed E-state index contributed by atoms with van der Waals surface area (Å²) in [6.07, 6.45) is 11.7. The van der Waals surface area contributed by atoms with Crippen LogP contribution in [0.25, 0.3) is 0 Å². The van der Waals surface area contributed by atoms with Crippen molar-refractivity contribution >= 4 is 0 Å². The summed E-state index contributed by atoms with van der Waals surface area (Å²) in [7, 11) is 0. The first kappa shape index (κ1) is 15.0. The van der Waals surface area contributed by atoms with Gasteiger partial charge < -0.3 is 10.5 Å². The minimum Gasteiger partial charge on any atom is -0.376 e. The van der Waals surface area contributed by atoms with E-state index >= 15 is 0 Å². The maximum atomic E-state index is 6.18. The van der Waals surface area contributed by atoms with Crippen molar-refractivity contribution in [1.82, 2.24) is 0 Å². The van der Waals surface area contributed by atoms with Gasteiger partial charge >= 0.3 is 0 Å². The molecule has 1 aliphatic carbocycles. The Bertz CT molecular complexity index is 184. The topological polar surface area (TPSA) is 35.2 Å². The molecular weight excluding hydrogens is 210 g/mol. The zero-order chi connectivity index (χ0) is 12.5. The summed E-state index contributed by atoms with van der Waals surface area (Å²) in [6, 6.07) is 0.279. The van der Waals surface area contributed by atoms with Crippen molar-refractivity contribution < 1.29 is 4.74 Å². The first-order valence-electron chi connectivity index (χ1n) is 7.65. The fourth-order valence-corrected chi connectivity index (χ4v) is 2.67. The van der Waals surface area contributed by atoms with E-state index in [0.717, 1.165) is 18.9 Å². The Kier molecular flexibility index (Phi) is 7.87. The van der Waals surface area contributed by atoms with Crippen molar-refractivity contribution in [3.63, 3.8) is 0 Å². The Morgan fingerprint density at radius 3 is 2.65 bits per heavy atom. The maximum absolute atomic E-state index is 6.18. The van der Waals surface area contributed by atoms with Crippen LogP contribution >= 0.6 is 0 Å². The molecule has 0 amide bonds. The monoisotopic (exact) mass is 241 g/mol. The SMILES string of the molecule is CCCCC(CC)COC1CCCCCC1N. The highest BCUT2D eigenvalue weighted by atomic mass is 16.5. The Morgan fingerprint density at radius 1 is 1.18 bits per heavy atom. The summed E-state index contributed by atoms with van der Waals surface area (Å²) < 4.78 is 6.10. The highest BCUT2D eigenvalue weighted by Crippen LogP contribution is 2.21. The van der Waals surface area contributed by atoms with Crippen molar-refractivity contribution in [2.24, 2.45) is 11.7 Å². The molecular formula is C15H31NO. The molecule has 3 atom stereocenters. The molecule has 0 aliphatic heterocycles. The number of rotatable bonds is 7. The van der Waals surface area contributed by atoms with Crippen LogP contribution in [0.5, 0.6) is 0 Å². The number of ether oxygens (including phenoxy) is 1. The van der Waals surface area contributed by atoms with Crippen LogP contribution in [-0.4, -0.2) is 18.8 Å². The molecule has 102 valence electrons. The molecule has 17 heavy (non-hydrogen) atoms. The van der Waals surface area contributed by atoms with Crippen molar-refractivity contribution in [3.8, 4) is 0 Å². The van der Waals surface area contributed by atoms with Gasteiger partial charge in [0, 0.05) is 12.6 Å². The van der Waals surface area contributed by atoms with Gasteiger partial charge in [0.05, 0.1) is 6.10 Å². The van der Waals surface area contributed by atoms with E-state index in [4.69, 9.17) is 10.5 Å². The molecule has 0 heterocycles. The number of hydrogen-bond acceptors (Lipinski definition) is 2.